The van der Waals surface area contributed by atoms with Gasteiger partial charge in [0.25, 0.3) is 0 Å². The fraction of sp³-hybridized carbons (Fsp3) is 0.548. The Balaban J connectivity index is 1.70. The van der Waals surface area contributed by atoms with E-state index in [-0.39, 0.29) is 30.7 Å². The standard InChI is InChI=1S/C31H41NO5/c1-8-30(6,28(34)37-29(3,4)5)20-31(7,27(33)36-19-22-18-35-22)17-21(2)32-25-15-11-9-13-23(25)24-14-10-12-16-26(24)32/h9-16,21-22H,8,17-20H2,1-7H3. The van der Waals surface area contributed by atoms with Gasteiger partial charge in [-0.2, -0.15) is 0 Å². The van der Waals surface area contributed by atoms with E-state index in [1.54, 1.807) is 0 Å². The highest BCUT2D eigenvalue weighted by atomic mass is 16.6. The molecule has 6 nitrogen and oxygen atoms in total. The molecule has 0 radical (unpaired) electrons. The van der Waals surface area contributed by atoms with E-state index in [1.807, 2.05) is 53.7 Å². The van der Waals surface area contributed by atoms with Crippen LogP contribution in [0.3, 0.4) is 0 Å². The second kappa shape index (κ2) is 10.1. The van der Waals surface area contributed by atoms with E-state index >= 15 is 0 Å². The Morgan fingerprint density at radius 2 is 1.49 bits per heavy atom. The second-order valence-corrected chi connectivity index (χ2v) is 12.2. The van der Waals surface area contributed by atoms with E-state index < -0.39 is 16.4 Å². The zero-order valence-electron chi connectivity index (χ0n) is 23.3. The lowest BCUT2D eigenvalue weighted by Crippen LogP contribution is -2.43. The van der Waals surface area contributed by atoms with Crippen LogP contribution in [0.1, 0.15) is 73.8 Å². The number of hydrogen-bond acceptors (Lipinski definition) is 5. The molecule has 3 aromatic rings. The number of ether oxygens (including phenoxy) is 3. The van der Waals surface area contributed by atoms with Crippen molar-refractivity contribution in [3.8, 4) is 0 Å². The van der Waals surface area contributed by atoms with Crippen molar-refractivity contribution in [1.82, 2.24) is 4.57 Å². The molecule has 37 heavy (non-hydrogen) atoms. The molecule has 0 spiro atoms. The number of carbonyl (C=O) groups is 2. The van der Waals surface area contributed by atoms with Gasteiger partial charge in [-0.1, -0.05) is 43.3 Å². The van der Waals surface area contributed by atoms with E-state index in [1.165, 1.54) is 10.8 Å². The molecule has 4 atom stereocenters. The van der Waals surface area contributed by atoms with Gasteiger partial charge in [-0.3, -0.25) is 9.59 Å². The maximum atomic E-state index is 13.7. The Kier molecular flexibility index (Phi) is 7.44. The summed E-state index contributed by atoms with van der Waals surface area (Å²) >= 11 is 0. The smallest absolute Gasteiger partial charge is 0.312 e. The van der Waals surface area contributed by atoms with Gasteiger partial charge < -0.3 is 18.8 Å². The number of hydrogen-bond donors (Lipinski definition) is 0. The number of esters is 2. The van der Waals surface area contributed by atoms with Gasteiger partial charge in [0.1, 0.15) is 18.3 Å². The van der Waals surface area contributed by atoms with Crippen molar-refractivity contribution in [1.29, 1.82) is 0 Å². The summed E-state index contributed by atoms with van der Waals surface area (Å²) in [4.78, 5) is 27.0. The average Bonchev–Trinajstić information content (AvgIpc) is 3.61. The van der Waals surface area contributed by atoms with Crippen molar-refractivity contribution < 1.29 is 23.8 Å². The topological polar surface area (TPSA) is 70.1 Å². The van der Waals surface area contributed by atoms with Crippen LogP contribution in [0.5, 0.6) is 0 Å². The molecule has 2 aromatic carbocycles. The third-order valence-electron chi connectivity index (χ3n) is 7.55. The van der Waals surface area contributed by atoms with Crippen LogP contribution < -0.4 is 0 Å². The van der Waals surface area contributed by atoms with Crippen molar-refractivity contribution in [2.45, 2.75) is 85.5 Å². The maximum absolute atomic E-state index is 13.7. The van der Waals surface area contributed by atoms with Gasteiger partial charge in [-0.25, -0.2) is 0 Å². The fourth-order valence-corrected chi connectivity index (χ4v) is 5.51. The molecule has 200 valence electrons. The number of rotatable bonds is 10. The minimum Gasteiger partial charge on any atom is -0.462 e. The quantitative estimate of drug-likeness (QED) is 0.222. The Bertz CT molecular complexity index is 1230. The minimum atomic E-state index is -0.914. The van der Waals surface area contributed by atoms with Crippen molar-refractivity contribution in [3.63, 3.8) is 0 Å². The predicted molar refractivity (Wildman–Crippen MR) is 146 cm³/mol. The molecule has 1 aliphatic heterocycles. The van der Waals surface area contributed by atoms with Gasteiger partial charge in [0, 0.05) is 27.8 Å². The van der Waals surface area contributed by atoms with E-state index in [0.717, 1.165) is 11.0 Å². The Hall–Kier alpha value is -2.86. The largest absolute Gasteiger partial charge is 0.462 e. The third kappa shape index (κ3) is 5.85. The van der Waals surface area contributed by atoms with E-state index in [4.69, 9.17) is 14.2 Å². The van der Waals surface area contributed by atoms with Gasteiger partial charge in [0.2, 0.25) is 0 Å². The van der Waals surface area contributed by atoms with E-state index in [0.29, 0.717) is 25.9 Å². The molecule has 1 aliphatic rings. The highest BCUT2D eigenvalue weighted by molar-refractivity contribution is 6.08. The van der Waals surface area contributed by atoms with Crippen molar-refractivity contribution >= 4 is 33.7 Å². The number of carbonyl (C=O) groups excluding carboxylic acids is 2. The lowest BCUT2D eigenvalue weighted by molar-refractivity contribution is -0.172. The molecule has 0 bridgehead atoms. The highest BCUT2D eigenvalue weighted by Crippen LogP contribution is 2.45. The average molecular weight is 508 g/mol. The lowest BCUT2D eigenvalue weighted by Gasteiger charge is -2.39. The van der Waals surface area contributed by atoms with Crippen LogP contribution in [0, 0.1) is 10.8 Å². The van der Waals surface area contributed by atoms with Gasteiger partial charge in [-0.05, 0) is 72.9 Å². The first kappa shape index (κ1) is 27.2. The molecule has 0 amide bonds. The zero-order valence-corrected chi connectivity index (χ0v) is 23.3. The number of epoxide rings is 1. The van der Waals surface area contributed by atoms with Gasteiger partial charge in [-0.15, -0.1) is 0 Å². The van der Waals surface area contributed by atoms with Crippen LogP contribution in [0.25, 0.3) is 21.8 Å². The van der Waals surface area contributed by atoms with E-state index in [2.05, 4.69) is 47.9 Å². The number of para-hydroxylation sites is 2. The minimum absolute atomic E-state index is 0.0219. The molecule has 0 N–H and O–H groups in total. The van der Waals surface area contributed by atoms with Crippen molar-refractivity contribution in [3.05, 3.63) is 48.5 Å². The first-order chi connectivity index (χ1) is 17.4. The molecule has 6 heteroatoms. The summed E-state index contributed by atoms with van der Waals surface area (Å²) in [6, 6.07) is 16.7. The molecule has 4 unspecified atom stereocenters. The lowest BCUT2D eigenvalue weighted by atomic mass is 9.68. The van der Waals surface area contributed by atoms with Crippen LogP contribution in [0.15, 0.2) is 48.5 Å². The summed E-state index contributed by atoms with van der Waals surface area (Å²) in [7, 11) is 0. The highest BCUT2D eigenvalue weighted by Gasteiger charge is 2.47. The molecule has 0 aliphatic carbocycles. The zero-order chi connectivity index (χ0) is 27.0. The molecule has 0 saturated carbocycles. The van der Waals surface area contributed by atoms with Crippen molar-refractivity contribution in [2.75, 3.05) is 13.2 Å². The molecule has 1 saturated heterocycles. The first-order valence-corrected chi connectivity index (χ1v) is 13.4. The third-order valence-corrected chi connectivity index (χ3v) is 7.55. The molecule has 2 heterocycles. The van der Waals surface area contributed by atoms with Crippen LogP contribution in [-0.2, 0) is 23.8 Å². The normalized spacial score (nSPS) is 19.7. The number of fused-ring (bicyclic) bond motifs is 3. The molecular weight excluding hydrogens is 466 g/mol. The predicted octanol–water partition coefficient (Wildman–Crippen LogP) is 6.84. The monoisotopic (exact) mass is 507 g/mol. The Morgan fingerprint density at radius 1 is 0.946 bits per heavy atom. The second-order valence-electron chi connectivity index (χ2n) is 12.2. The maximum Gasteiger partial charge on any atom is 0.312 e. The molecule has 4 rings (SSSR count). The number of benzene rings is 2. The Morgan fingerprint density at radius 3 is 1.97 bits per heavy atom. The van der Waals surface area contributed by atoms with Gasteiger partial charge in [0.15, 0.2) is 0 Å². The van der Waals surface area contributed by atoms with Gasteiger partial charge in [0.05, 0.1) is 17.4 Å². The van der Waals surface area contributed by atoms with Crippen LogP contribution in [-0.4, -0.2) is 41.4 Å². The van der Waals surface area contributed by atoms with Crippen LogP contribution in [0.2, 0.25) is 0 Å². The molecule has 1 aromatic heterocycles. The van der Waals surface area contributed by atoms with E-state index in [9.17, 15) is 9.59 Å². The first-order valence-electron chi connectivity index (χ1n) is 13.4. The van der Waals surface area contributed by atoms with Crippen molar-refractivity contribution in [2.24, 2.45) is 10.8 Å². The van der Waals surface area contributed by atoms with Gasteiger partial charge >= 0.3 is 11.9 Å². The SMILES string of the molecule is CCC(C)(CC(C)(CC(C)n1c2ccccc2c2ccccc21)C(=O)OCC1CO1)C(=O)OC(C)(C)C. The summed E-state index contributed by atoms with van der Waals surface area (Å²) in [6.45, 7) is 14.4. The summed E-state index contributed by atoms with van der Waals surface area (Å²) in [5.41, 5.74) is -0.100. The fourth-order valence-electron chi connectivity index (χ4n) is 5.51. The summed E-state index contributed by atoms with van der Waals surface area (Å²) in [6.07, 6.45) is 1.38. The van der Waals surface area contributed by atoms with Crippen LogP contribution in [0.4, 0.5) is 0 Å². The summed E-state index contributed by atoms with van der Waals surface area (Å²) in [5.74, 6) is -0.574. The summed E-state index contributed by atoms with van der Waals surface area (Å²) in [5, 5.41) is 2.37. The Labute approximate surface area is 220 Å². The summed E-state index contributed by atoms with van der Waals surface area (Å²) < 4.78 is 19.2. The molecular formula is C31H41NO5. The molecule has 1 fully saturated rings. The number of aromatic nitrogens is 1. The van der Waals surface area contributed by atoms with Crippen LogP contribution >= 0.6 is 0 Å². The number of nitrogens with zero attached hydrogens (tertiary/aromatic N) is 1.